The molecule has 0 aromatic rings. The van der Waals surface area contributed by atoms with E-state index in [1.807, 2.05) is 6.08 Å². The van der Waals surface area contributed by atoms with E-state index in [-0.39, 0.29) is 5.91 Å². The molecule has 1 saturated heterocycles. The second-order valence-electron chi connectivity index (χ2n) is 4.07. The van der Waals surface area contributed by atoms with Gasteiger partial charge < -0.3 is 10.5 Å². The van der Waals surface area contributed by atoms with Crippen LogP contribution in [0.25, 0.3) is 0 Å². The molecule has 0 radical (unpaired) electrons. The van der Waals surface area contributed by atoms with Gasteiger partial charge in [0.1, 0.15) is 5.76 Å². The van der Waals surface area contributed by atoms with Gasteiger partial charge in [0.2, 0.25) is 0 Å². The zero-order valence-corrected chi connectivity index (χ0v) is 8.32. The minimum atomic E-state index is -0.413. The summed E-state index contributed by atoms with van der Waals surface area (Å²) in [5.41, 5.74) is 6.58. The second-order valence-corrected chi connectivity index (χ2v) is 4.07. The Labute approximate surface area is 83.6 Å². The Morgan fingerprint density at radius 2 is 2.29 bits per heavy atom. The highest BCUT2D eigenvalue weighted by atomic mass is 16.5. The molecule has 1 fully saturated rings. The number of amides is 1. The fraction of sp³-hybridized carbons (Fsp3) is 0.545. The quantitative estimate of drug-likeness (QED) is 0.686. The molecule has 0 aromatic heterocycles. The van der Waals surface area contributed by atoms with Gasteiger partial charge in [0, 0.05) is 5.92 Å². The predicted octanol–water partition coefficient (Wildman–Crippen LogP) is 1.50. The maximum absolute atomic E-state index is 10.9. The molecule has 2 unspecified atom stereocenters. The molecular formula is C11H15NO2. The number of hydrogen-bond acceptors (Lipinski definition) is 2. The van der Waals surface area contributed by atoms with Gasteiger partial charge in [-0.25, -0.2) is 0 Å². The summed E-state index contributed by atoms with van der Waals surface area (Å²) in [6, 6.07) is 0. The largest absolute Gasteiger partial charge is 0.485 e. The molecule has 3 nitrogen and oxygen atoms in total. The van der Waals surface area contributed by atoms with Crippen LogP contribution in [-0.2, 0) is 9.53 Å². The Morgan fingerprint density at radius 3 is 3.00 bits per heavy atom. The van der Waals surface area contributed by atoms with Crippen LogP contribution in [0, 0.1) is 5.92 Å². The Balaban J connectivity index is 2.12. The standard InChI is InChI=1S/C11H15NO2/c1-7-2-4-9-8(6-7)3-5-10(14-9)11(12)13/h2,4,8,10H,3,5-6H2,1H3,(H2,12,13). The molecule has 1 amide bonds. The third kappa shape index (κ3) is 1.67. The average molecular weight is 193 g/mol. The number of nitrogens with two attached hydrogens (primary N) is 1. The van der Waals surface area contributed by atoms with Crippen LogP contribution in [0.5, 0.6) is 0 Å². The first-order valence-electron chi connectivity index (χ1n) is 5.00. The third-order valence-corrected chi connectivity index (χ3v) is 2.88. The highest BCUT2D eigenvalue weighted by molar-refractivity contribution is 5.79. The maximum atomic E-state index is 10.9. The molecule has 0 spiro atoms. The Kier molecular flexibility index (Phi) is 2.32. The SMILES string of the molecule is CC1=CC=C2OC(C(N)=O)CCC2C1. The van der Waals surface area contributed by atoms with Crippen LogP contribution in [0.4, 0.5) is 0 Å². The van der Waals surface area contributed by atoms with Gasteiger partial charge in [-0.2, -0.15) is 0 Å². The predicted molar refractivity (Wildman–Crippen MR) is 53.2 cm³/mol. The lowest BCUT2D eigenvalue weighted by Gasteiger charge is -2.32. The minimum absolute atomic E-state index is 0.351. The summed E-state index contributed by atoms with van der Waals surface area (Å²) < 4.78 is 5.54. The topological polar surface area (TPSA) is 52.3 Å². The number of rotatable bonds is 1. The first-order chi connectivity index (χ1) is 6.66. The first-order valence-corrected chi connectivity index (χ1v) is 5.00. The molecule has 2 aliphatic rings. The second kappa shape index (κ2) is 3.48. The number of allylic oxidation sites excluding steroid dienone is 4. The van der Waals surface area contributed by atoms with Crippen LogP contribution >= 0.6 is 0 Å². The van der Waals surface area contributed by atoms with Gasteiger partial charge in [-0.05, 0) is 32.3 Å². The van der Waals surface area contributed by atoms with Crippen molar-refractivity contribution >= 4 is 5.91 Å². The van der Waals surface area contributed by atoms with Crippen molar-refractivity contribution < 1.29 is 9.53 Å². The van der Waals surface area contributed by atoms with Gasteiger partial charge >= 0.3 is 0 Å². The third-order valence-electron chi connectivity index (χ3n) is 2.88. The summed E-state index contributed by atoms with van der Waals surface area (Å²) in [6.45, 7) is 2.12. The number of fused-ring (bicyclic) bond motifs is 1. The van der Waals surface area contributed by atoms with Gasteiger partial charge in [-0.15, -0.1) is 0 Å². The van der Waals surface area contributed by atoms with E-state index < -0.39 is 6.10 Å². The molecule has 3 heteroatoms. The number of hydrogen-bond donors (Lipinski definition) is 1. The van der Waals surface area contributed by atoms with Crippen LogP contribution in [0.2, 0.25) is 0 Å². The van der Waals surface area contributed by atoms with Crippen molar-refractivity contribution in [3.8, 4) is 0 Å². The van der Waals surface area contributed by atoms with Crippen molar-refractivity contribution in [2.24, 2.45) is 11.7 Å². The van der Waals surface area contributed by atoms with E-state index in [2.05, 4.69) is 13.0 Å². The molecule has 2 atom stereocenters. The van der Waals surface area contributed by atoms with E-state index in [0.29, 0.717) is 5.92 Å². The molecule has 0 aromatic carbocycles. The summed E-state index contributed by atoms with van der Waals surface area (Å²) >= 11 is 0. The molecule has 2 rings (SSSR count). The summed E-state index contributed by atoms with van der Waals surface area (Å²) in [5.74, 6) is 1.05. The highest BCUT2D eigenvalue weighted by Crippen LogP contribution is 2.35. The molecule has 1 aliphatic heterocycles. The number of carbonyl (C=O) groups excluding carboxylic acids is 1. The lowest BCUT2D eigenvalue weighted by Crippen LogP contribution is -2.36. The number of ether oxygens (including phenoxy) is 1. The van der Waals surface area contributed by atoms with Crippen molar-refractivity contribution in [3.05, 3.63) is 23.5 Å². The normalized spacial score (nSPS) is 30.9. The minimum Gasteiger partial charge on any atom is -0.485 e. The van der Waals surface area contributed by atoms with Crippen molar-refractivity contribution in [3.63, 3.8) is 0 Å². The van der Waals surface area contributed by atoms with E-state index in [9.17, 15) is 4.79 Å². The smallest absolute Gasteiger partial charge is 0.258 e. The Morgan fingerprint density at radius 1 is 1.50 bits per heavy atom. The maximum Gasteiger partial charge on any atom is 0.258 e. The molecule has 76 valence electrons. The Hall–Kier alpha value is -1.25. The van der Waals surface area contributed by atoms with Gasteiger partial charge in [0.15, 0.2) is 6.10 Å². The lowest BCUT2D eigenvalue weighted by atomic mass is 9.86. The van der Waals surface area contributed by atoms with Crippen LogP contribution in [0.3, 0.4) is 0 Å². The molecule has 14 heavy (non-hydrogen) atoms. The van der Waals surface area contributed by atoms with Crippen LogP contribution in [0.15, 0.2) is 23.5 Å². The summed E-state index contributed by atoms with van der Waals surface area (Å²) in [7, 11) is 0. The molecule has 2 N–H and O–H groups in total. The Bertz CT molecular complexity index is 317. The van der Waals surface area contributed by atoms with Crippen molar-refractivity contribution in [1.82, 2.24) is 0 Å². The summed E-state index contributed by atoms with van der Waals surface area (Å²) in [5, 5.41) is 0. The van der Waals surface area contributed by atoms with Gasteiger partial charge in [0.25, 0.3) is 5.91 Å². The van der Waals surface area contributed by atoms with Crippen LogP contribution in [-0.4, -0.2) is 12.0 Å². The zero-order valence-electron chi connectivity index (χ0n) is 8.32. The summed E-state index contributed by atoms with van der Waals surface area (Å²) in [4.78, 5) is 10.9. The van der Waals surface area contributed by atoms with Crippen molar-refractivity contribution in [2.75, 3.05) is 0 Å². The van der Waals surface area contributed by atoms with Crippen molar-refractivity contribution in [2.45, 2.75) is 32.3 Å². The molecule has 0 saturated carbocycles. The van der Waals surface area contributed by atoms with E-state index in [1.165, 1.54) is 5.57 Å². The molecule has 1 aliphatic carbocycles. The lowest BCUT2D eigenvalue weighted by molar-refractivity contribution is -0.129. The number of carbonyl (C=O) groups is 1. The number of primary amides is 1. The van der Waals surface area contributed by atoms with Crippen LogP contribution < -0.4 is 5.73 Å². The zero-order chi connectivity index (χ0) is 10.1. The average Bonchev–Trinajstić information content (AvgIpc) is 2.16. The van der Waals surface area contributed by atoms with E-state index in [1.54, 1.807) is 0 Å². The molecule has 0 bridgehead atoms. The monoisotopic (exact) mass is 193 g/mol. The fourth-order valence-electron chi connectivity index (χ4n) is 2.07. The van der Waals surface area contributed by atoms with E-state index in [0.717, 1.165) is 25.0 Å². The van der Waals surface area contributed by atoms with Gasteiger partial charge in [-0.1, -0.05) is 11.6 Å². The summed E-state index contributed by atoms with van der Waals surface area (Å²) in [6.07, 6.45) is 6.42. The van der Waals surface area contributed by atoms with Gasteiger partial charge in [0.05, 0.1) is 0 Å². The van der Waals surface area contributed by atoms with E-state index in [4.69, 9.17) is 10.5 Å². The van der Waals surface area contributed by atoms with E-state index >= 15 is 0 Å². The molecule has 1 heterocycles. The van der Waals surface area contributed by atoms with Gasteiger partial charge in [-0.3, -0.25) is 4.79 Å². The highest BCUT2D eigenvalue weighted by Gasteiger charge is 2.30. The first kappa shape index (κ1) is 9.31. The van der Waals surface area contributed by atoms with Crippen molar-refractivity contribution in [1.29, 1.82) is 0 Å². The van der Waals surface area contributed by atoms with Crippen LogP contribution in [0.1, 0.15) is 26.2 Å². The molecular weight excluding hydrogens is 178 g/mol. The fourth-order valence-corrected chi connectivity index (χ4v) is 2.07.